The minimum Gasteiger partial charge on any atom is -0.299 e. The molecule has 0 amide bonds. The second kappa shape index (κ2) is 5.50. The van der Waals surface area contributed by atoms with Gasteiger partial charge in [-0.1, -0.05) is 13.3 Å². The number of hydrogen-bond acceptors (Lipinski definition) is 2. The Morgan fingerprint density at radius 3 is 2.29 bits per heavy atom. The number of hydrogen-bond donors (Lipinski definition) is 0. The Kier molecular flexibility index (Phi) is 4.59. The zero-order chi connectivity index (χ0) is 10.6. The van der Waals surface area contributed by atoms with Gasteiger partial charge in [0.05, 0.1) is 6.54 Å². The van der Waals surface area contributed by atoms with Gasteiger partial charge in [-0.2, -0.15) is 0 Å². The minimum atomic E-state index is 0.283. The van der Waals surface area contributed by atoms with Gasteiger partial charge in [-0.15, -0.1) is 0 Å². The van der Waals surface area contributed by atoms with E-state index in [2.05, 4.69) is 18.9 Å². The number of nitrogens with zero attached hydrogens (tertiary/aromatic N) is 1. The molecule has 2 heteroatoms. The van der Waals surface area contributed by atoms with Crippen LogP contribution in [0.4, 0.5) is 0 Å². The number of ketones is 1. The number of carbonyl (C=O) groups is 1. The van der Waals surface area contributed by atoms with E-state index in [1.54, 1.807) is 6.92 Å². The van der Waals surface area contributed by atoms with Gasteiger partial charge in [0.1, 0.15) is 5.78 Å². The normalized spacial score (nSPS) is 28.0. The second-order valence-electron chi connectivity index (χ2n) is 4.70. The molecule has 0 bridgehead atoms. The van der Waals surface area contributed by atoms with Crippen LogP contribution in [0.2, 0.25) is 0 Å². The maximum Gasteiger partial charge on any atom is 0.143 e. The Morgan fingerprint density at radius 2 is 1.86 bits per heavy atom. The van der Waals surface area contributed by atoms with E-state index in [-0.39, 0.29) is 5.78 Å². The zero-order valence-electron chi connectivity index (χ0n) is 9.75. The summed E-state index contributed by atoms with van der Waals surface area (Å²) in [6.45, 7) is 4.58. The molecule has 1 rings (SSSR count). The lowest BCUT2D eigenvalue weighted by atomic mass is 9.84. The smallest absolute Gasteiger partial charge is 0.143 e. The lowest BCUT2D eigenvalue weighted by Crippen LogP contribution is -2.37. The number of Topliss-reactive ketones (excluding diaryl/α,β-unsaturated/α-hetero) is 1. The quantitative estimate of drug-likeness (QED) is 0.690. The molecule has 82 valence electrons. The topological polar surface area (TPSA) is 20.3 Å². The SMILES string of the molecule is CCC1CCC(N(C)CC(C)=O)CC1. The van der Waals surface area contributed by atoms with Gasteiger partial charge >= 0.3 is 0 Å². The standard InChI is InChI=1S/C12H23NO/c1-4-11-5-7-12(8-6-11)13(3)9-10(2)14/h11-12H,4-9H2,1-3H3. The van der Waals surface area contributed by atoms with Crippen LogP contribution in [-0.2, 0) is 4.79 Å². The van der Waals surface area contributed by atoms with Crippen molar-refractivity contribution in [1.29, 1.82) is 0 Å². The summed E-state index contributed by atoms with van der Waals surface area (Å²) < 4.78 is 0. The summed E-state index contributed by atoms with van der Waals surface area (Å²) in [6.07, 6.45) is 6.58. The predicted octanol–water partition coefficient (Wildman–Crippen LogP) is 2.48. The molecule has 0 aromatic heterocycles. The Bertz CT molecular complexity index is 183. The van der Waals surface area contributed by atoms with Crippen molar-refractivity contribution >= 4 is 5.78 Å². The van der Waals surface area contributed by atoms with Gasteiger partial charge in [-0.3, -0.25) is 9.69 Å². The average molecular weight is 197 g/mol. The first-order valence-corrected chi connectivity index (χ1v) is 5.83. The molecule has 0 aromatic rings. The summed E-state index contributed by atoms with van der Waals surface area (Å²) >= 11 is 0. The van der Waals surface area contributed by atoms with Crippen LogP contribution in [-0.4, -0.2) is 30.3 Å². The maximum absolute atomic E-state index is 11.0. The lowest BCUT2D eigenvalue weighted by Gasteiger charge is -2.33. The molecule has 0 saturated heterocycles. The van der Waals surface area contributed by atoms with Crippen molar-refractivity contribution in [2.24, 2.45) is 5.92 Å². The first-order chi connectivity index (χ1) is 6.63. The third-order valence-electron chi connectivity index (χ3n) is 3.49. The maximum atomic E-state index is 11.0. The van der Waals surface area contributed by atoms with Gasteiger partial charge in [0.15, 0.2) is 0 Å². The van der Waals surface area contributed by atoms with E-state index >= 15 is 0 Å². The number of rotatable bonds is 4. The Hall–Kier alpha value is -0.370. The van der Waals surface area contributed by atoms with Crippen LogP contribution < -0.4 is 0 Å². The average Bonchev–Trinajstić information content (AvgIpc) is 2.17. The van der Waals surface area contributed by atoms with Crippen LogP contribution in [0.3, 0.4) is 0 Å². The molecule has 2 nitrogen and oxygen atoms in total. The summed E-state index contributed by atoms with van der Waals surface area (Å²) in [5.41, 5.74) is 0. The highest BCUT2D eigenvalue weighted by Gasteiger charge is 2.23. The minimum absolute atomic E-state index is 0.283. The van der Waals surface area contributed by atoms with E-state index in [0.717, 1.165) is 5.92 Å². The van der Waals surface area contributed by atoms with Crippen molar-refractivity contribution in [3.63, 3.8) is 0 Å². The van der Waals surface area contributed by atoms with Gasteiger partial charge in [0.25, 0.3) is 0 Å². The van der Waals surface area contributed by atoms with Crippen LogP contribution >= 0.6 is 0 Å². The van der Waals surface area contributed by atoms with Crippen LogP contribution in [0.15, 0.2) is 0 Å². The molecule has 0 N–H and O–H groups in total. The molecular weight excluding hydrogens is 174 g/mol. The molecular formula is C12H23NO. The molecule has 0 radical (unpaired) electrons. The Morgan fingerprint density at radius 1 is 1.29 bits per heavy atom. The summed E-state index contributed by atoms with van der Waals surface area (Å²) in [5, 5.41) is 0. The van der Waals surface area contributed by atoms with Crippen molar-refractivity contribution in [2.45, 2.75) is 52.0 Å². The molecule has 0 spiro atoms. The third-order valence-corrected chi connectivity index (χ3v) is 3.49. The van der Waals surface area contributed by atoms with Gasteiger partial charge in [0, 0.05) is 6.04 Å². The third kappa shape index (κ3) is 3.41. The molecule has 0 aromatic carbocycles. The molecule has 0 aliphatic heterocycles. The fourth-order valence-corrected chi connectivity index (χ4v) is 2.47. The summed E-state index contributed by atoms with van der Waals surface area (Å²) in [4.78, 5) is 13.2. The van der Waals surface area contributed by atoms with Crippen LogP contribution in [0.25, 0.3) is 0 Å². The van der Waals surface area contributed by atoms with E-state index in [9.17, 15) is 4.79 Å². The number of likely N-dealkylation sites (N-methyl/N-ethyl adjacent to an activating group) is 1. The molecule has 14 heavy (non-hydrogen) atoms. The summed E-state index contributed by atoms with van der Waals surface area (Å²) in [7, 11) is 2.08. The van der Waals surface area contributed by atoms with E-state index in [1.807, 2.05) is 0 Å². The molecule has 1 fully saturated rings. The largest absolute Gasteiger partial charge is 0.299 e. The monoisotopic (exact) mass is 197 g/mol. The van der Waals surface area contributed by atoms with Crippen LogP contribution in [0, 0.1) is 5.92 Å². The summed E-state index contributed by atoms with van der Waals surface area (Å²) in [5.74, 6) is 1.22. The highest BCUT2D eigenvalue weighted by molar-refractivity contribution is 5.77. The molecule has 1 aliphatic carbocycles. The van der Waals surface area contributed by atoms with Crippen molar-refractivity contribution in [3.8, 4) is 0 Å². The van der Waals surface area contributed by atoms with E-state index in [0.29, 0.717) is 12.6 Å². The Labute approximate surface area is 87.7 Å². The van der Waals surface area contributed by atoms with E-state index in [4.69, 9.17) is 0 Å². The van der Waals surface area contributed by atoms with Crippen LogP contribution in [0.1, 0.15) is 46.0 Å². The highest BCUT2D eigenvalue weighted by Crippen LogP contribution is 2.28. The summed E-state index contributed by atoms with van der Waals surface area (Å²) in [6, 6.07) is 0.654. The van der Waals surface area contributed by atoms with Gasteiger partial charge in [-0.05, 0) is 45.6 Å². The van der Waals surface area contributed by atoms with Gasteiger partial charge in [0.2, 0.25) is 0 Å². The first-order valence-electron chi connectivity index (χ1n) is 5.83. The van der Waals surface area contributed by atoms with Crippen molar-refractivity contribution in [1.82, 2.24) is 4.90 Å². The zero-order valence-corrected chi connectivity index (χ0v) is 9.75. The Balaban J connectivity index is 2.30. The van der Waals surface area contributed by atoms with Crippen molar-refractivity contribution < 1.29 is 4.79 Å². The van der Waals surface area contributed by atoms with Gasteiger partial charge in [-0.25, -0.2) is 0 Å². The fraction of sp³-hybridized carbons (Fsp3) is 0.917. The molecule has 1 saturated carbocycles. The van der Waals surface area contributed by atoms with Crippen molar-refractivity contribution in [3.05, 3.63) is 0 Å². The second-order valence-corrected chi connectivity index (χ2v) is 4.70. The molecule has 1 aliphatic rings. The lowest BCUT2D eigenvalue weighted by molar-refractivity contribution is -0.118. The van der Waals surface area contributed by atoms with Crippen LogP contribution in [0.5, 0.6) is 0 Å². The number of carbonyl (C=O) groups excluding carboxylic acids is 1. The van der Waals surface area contributed by atoms with E-state index in [1.165, 1.54) is 32.1 Å². The fourth-order valence-electron chi connectivity index (χ4n) is 2.47. The van der Waals surface area contributed by atoms with E-state index < -0.39 is 0 Å². The van der Waals surface area contributed by atoms with Gasteiger partial charge < -0.3 is 0 Å². The predicted molar refractivity (Wildman–Crippen MR) is 59.3 cm³/mol. The molecule has 0 atom stereocenters. The first kappa shape index (κ1) is 11.7. The highest BCUT2D eigenvalue weighted by atomic mass is 16.1. The molecule has 0 unspecified atom stereocenters. The van der Waals surface area contributed by atoms with Crippen molar-refractivity contribution in [2.75, 3.05) is 13.6 Å². The molecule has 0 heterocycles.